The van der Waals surface area contributed by atoms with Crippen molar-refractivity contribution in [2.24, 2.45) is 0 Å². The number of carbonyl (C=O) groups excluding carboxylic acids is 1. The Balaban J connectivity index is 1.78. The number of aliphatic hydroxyl groups is 1. The van der Waals surface area contributed by atoms with Crippen LogP contribution in [0.2, 0.25) is 0 Å². The zero-order valence-corrected chi connectivity index (χ0v) is 24.9. The molecule has 1 amide bonds. The molecule has 1 aliphatic rings. The van der Waals surface area contributed by atoms with Crippen molar-refractivity contribution in [1.29, 1.82) is 0 Å². The van der Waals surface area contributed by atoms with E-state index in [0.29, 0.717) is 72.0 Å². The van der Waals surface area contributed by atoms with E-state index in [0.717, 1.165) is 0 Å². The summed E-state index contributed by atoms with van der Waals surface area (Å²) in [5.41, 5.74) is -0.326. The Morgan fingerprint density at radius 2 is 1.83 bits per heavy atom. The fraction of sp³-hybridized carbons (Fsp3) is 0.469. The Morgan fingerprint density at radius 1 is 1.15 bits per heavy atom. The number of carbonyl (C=O) groups is 1. The van der Waals surface area contributed by atoms with Gasteiger partial charge in [-0.15, -0.1) is 0 Å². The summed E-state index contributed by atoms with van der Waals surface area (Å²) in [6.45, 7) is 16.3. The number of hydrogen-bond donors (Lipinski definition) is 1. The van der Waals surface area contributed by atoms with Crippen LogP contribution >= 0.6 is 0 Å². The predicted molar refractivity (Wildman–Crippen MR) is 159 cm³/mol. The van der Waals surface area contributed by atoms with Gasteiger partial charge < -0.3 is 24.2 Å². The first-order valence-electron chi connectivity index (χ1n) is 14.1. The van der Waals surface area contributed by atoms with Crippen molar-refractivity contribution in [1.82, 2.24) is 14.5 Å². The molecule has 9 nitrogen and oxygen atoms in total. The van der Waals surface area contributed by atoms with Gasteiger partial charge in [0.2, 0.25) is 0 Å². The molecule has 1 aliphatic heterocycles. The molecule has 0 unspecified atom stereocenters. The molecular weight excluding hydrogens is 522 g/mol. The number of likely N-dealkylation sites (tertiary alicyclic amines) is 1. The highest BCUT2D eigenvalue weighted by atomic mass is 16.6. The van der Waals surface area contributed by atoms with Gasteiger partial charge in [-0.1, -0.05) is 18.7 Å². The van der Waals surface area contributed by atoms with Crippen molar-refractivity contribution in [3.8, 4) is 11.4 Å². The first-order valence-corrected chi connectivity index (χ1v) is 14.1. The van der Waals surface area contributed by atoms with E-state index in [1.165, 1.54) is 4.57 Å². The molecule has 0 aliphatic carbocycles. The van der Waals surface area contributed by atoms with Gasteiger partial charge in [0, 0.05) is 25.1 Å². The van der Waals surface area contributed by atoms with Gasteiger partial charge in [-0.05, 0) is 84.7 Å². The molecule has 0 bridgehead atoms. The lowest BCUT2D eigenvalue weighted by molar-refractivity contribution is -0.0327. The maximum Gasteiger partial charge on any atom is 0.410 e. The Bertz CT molecular complexity index is 1480. The van der Waals surface area contributed by atoms with Gasteiger partial charge in [-0.3, -0.25) is 9.36 Å². The van der Waals surface area contributed by atoms with Crippen LogP contribution in [0.15, 0.2) is 53.8 Å². The molecule has 0 saturated carbocycles. The van der Waals surface area contributed by atoms with Crippen LogP contribution in [0.3, 0.4) is 0 Å². The second-order valence-corrected chi connectivity index (χ2v) is 11.8. The number of para-hydroxylation sites is 1. The normalized spacial score (nSPS) is 15.2. The molecule has 0 spiro atoms. The Kier molecular flexibility index (Phi) is 8.77. The van der Waals surface area contributed by atoms with E-state index in [1.807, 2.05) is 59.7 Å². The standard InChI is InChI=1S/C32H41N3O6/c1-8-39-22(4)23-13-14-27(40-21(2)3)26(19-23)35-28(33-25-12-10-9-11-24(25)29(35)36)20-32(38)15-17-34(18-16-32)30(37)41-31(5,6)7/h9-14,19,21,38H,4,8,15-18,20H2,1-3,5-7H3. The molecule has 0 radical (unpaired) electrons. The summed E-state index contributed by atoms with van der Waals surface area (Å²) in [5, 5.41) is 12.2. The molecule has 1 aromatic heterocycles. The number of fused-ring (bicyclic) bond motifs is 1. The predicted octanol–water partition coefficient (Wildman–Crippen LogP) is 5.48. The molecule has 41 heavy (non-hydrogen) atoms. The second kappa shape index (κ2) is 11.9. The lowest BCUT2D eigenvalue weighted by Gasteiger charge is -2.38. The first-order chi connectivity index (χ1) is 19.3. The molecule has 220 valence electrons. The van der Waals surface area contributed by atoms with E-state index in [2.05, 4.69) is 6.58 Å². The average Bonchev–Trinajstić information content (AvgIpc) is 2.88. The van der Waals surface area contributed by atoms with Crippen LogP contribution in [0.1, 0.15) is 65.8 Å². The van der Waals surface area contributed by atoms with Crippen molar-refractivity contribution in [2.75, 3.05) is 19.7 Å². The van der Waals surface area contributed by atoms with Crippen LogP contribution in [0.25, 0.3) is 22.3 Å². The van der Waals surface area contributed by atoms with Crippen molar-refractivity contribution in [2.45, 2.75) is 78.1 Å². The third-order valence-corrected chi connectivity index (χ3v) is 6.88. The lowest BCUT2D eigenvalue weighted by atomic mass is 9.87. The van der Waals surface area contributed by atoms with Gasteiger partial charge in [0.25, 0.3) is 5.56 Å². The maximum absolute atomic E-state index is 14.1. The number of ether oxygens (including phenoxy) is 3. The number of aromatic nitrogens is 2. The zero-order valence-electron chi connectivity index (χ0n) is 24.9. The smallest absolute Gasteiger partial charge is 0.410 e. The van der Waals surface area contributed by atoms with Crippen molar-refractivity contribution < 1.29 is 24.1 Å². The third kappa shape index (κ3) is 7.08. The lowest BCUT2D eigenvalue weighted by Crippen LogP contribution is -2.49. The largest absolute Gasteiger partial charge is 0.494 e. The SMILES string of the molecule is C=C(OCC)c1ccc(OC(C)C)c(-n2c(CC3(O)CCN(C(=O)OC(C)(C)C)CC3)nc3ccccc3c2=O)c1. The topological polar surface area (TPSA) is 103 Å². The van der Waals surface area contributed by atoms with E-state index in [4.69, 9.17) is 19.2 Å². The highest BCUT2D eigenvalue weighted by Gasteiger charge is 2.37. The molecule has 1 fully saturated rings. The van der Waals surface area contributed by atoms with E-state index in [9.17, 15) is 14.7 Å². The maximum atomic E-state index is 14.1. The van der Waals surface area contributed by atoms with Crippen molar-refractivity contribution >= 4 is 22.8 Å². The molecule has 1 saturated heterocycles. The summed E-state index contributed by atoms with van der Waals surface area (Å²) < 4.78 is 18.8. The van der Waals surface area contributed by atoms with Crippen LogP contribution in [0, 0.1) is 0 Å². The quantitative estimate of drug-likeness (QED) is 0.362. The minimum atomic E-state index is -1.19. The molecule has 2 aromatic carbocycles. The average molecular weight is 564 g/mol. The summed E-state index contributed by atoms with van der Waals surface area (Å²) in [5.74, 6) is 1.37. The molecule has 2 heterocycles. The third-order valence-electron chi connectivity index (χ3n) is 6.88. The minimum absolute atomic E-state index is 0.104. The van der Waals surface area contributed by atoms with Gasteiger partial charge in [0.15, 0.2) is 0 Å². The van der Waals surface area contributed by atoms with Gasteiger partial charge in [0.05, 0.1) is 34.9 Å². The van der Waals surface area contributed by atoms with Crippen LogP contribution in [-0.4, -0.2) is 62.7 Å². The zero-order chi connectivity index (χ0) is 29.9. The summed E-state index contributed by atoms with van der Waals surface area (Å²) in [4.78, 5) is 33.2. The monoisotopic (exact) mass is 563 g/mol. The summed E-state index contributed by atoms with van der Waals surface area (Å²) >= 11 is 0. The fourth-order valence-electron chi connectivity index (χ4n) is 4.93. The number of rotatable bonds is 8. The van der Waals surface area contributed by atoms with Crippen LogP contribution in [-0.2, 0) is 15.9 Å². The molecule has 9 heteroatoms. The van der Waals surface area contributed by atoms with E-state index in [1.54, 1.807) is 29.2 Å². The summed E-state index contributed by atoms with van der Waals surface area (Å²) in [7, 11) is 0. The van der Waals surface area contributed by atoms with Crippen molar-refractivity contribution in [3.63, 3.8) is 0 Å². The fourth-order valence-corrected chi connectivity index (χ4v) is 4.93. The molecule has 4 rings (SSSR count). The number of nitrogens with zero attached hydrogens (tertiary/aromatic N) is 3. The molecule has 1 N–H and O–H groups in total. The van der Waals surface area contributed by atoms with Gasteiger partial charge in [0.1, 0.15) is 22.9 Å². The number of hydrogen-bond acceptors (Lipinski definition) is 7. The Morgan fingerprint density at radius 3 is 2.46 bits per heavy atom. The van der Waals surface area contributed by atoms with E-state index in [-0.39, 0.29) is 18.1 Å². The van der Waals surface area contributed by atoms with E-state index < -0.39 is 17.3 Å². The molecule has 3 aromatic rings. The summed E-state index contributed by atoms with van der Waals surface area (Å²) in [6, 6.07) is 12.6. The number of benzene rings is 2. The minimum Gasteiger partial charge on any atom is -0.494 e. The number of piperidine rings is 1. The molecular formula is C32H41N3O6. The summed E-state index contributed by atoms with van der Waals surface area (Å²) in [6.07, 6.45) is 0.176. The highest BCUT2D eigenvalue weighted by molar-refractivity contribution is 5.78. The second-order valence-electron chi connectivity index (χ2n) is 11.8. The van der Waals surface area contributed by atoms with Crippen LogP contribution < -0.4 is 10.3 Å². The van der Waals surface area contributed by atoms with Crippen LogP contribution in [0.5, 0.6) is 5.75 Å². The Hall–Kier alpha value is -3.85. The first kappa shape index (κ1) is 30.1. The van der Waals surface area contributed by atoms with Gasteiger partial charge in [-0.2, -0.15) is 0 Å². The van der Waals surface area contributed by atoms with Gasteiger partial charge in [-0.25, -0.2) is 9.78 Å². The van der Waals surface area contributed by atoms with E-state index >= 15 is 0 Å². The number of amides is 1. The Labute approximate surface area is 241 Å². The molecule has 0 atom stereocenters. The van der Waals surface area contributed by atoms with Gasteiger partial charge >= 0.3 is 6.09 Å². The van der Waals surface area contributed by atoms with Crippen molar-refractivity contribution in [3.05, 3.63) is 70.8 Å². The highest BCUT2D eigenvalue weighted by Crippen LogP contribution is 2.32. The van der Waals surface area contributed by atoms with Crippen LogP contribution in [0.4, 0.5) is 4.79 Å².